The number of methoxy groups -OCH3 is 1. The SMILES string of the molecule is COc1ccc(OC(F)(F)F)cc1NC(N)=O. The van der Waals surface area contributed by atoms with Gasteiger partial charge in [-0.1, -0.05) is 0 Å². The summed E-state index contributed by atoms with van der Waals surface area (Å²) in [6.07, 6.45) is -4.81. The molecular weight excluding hydrogens is 241 g/mol. The van der Waals surface area contributed by atoms with Gasteiger partial charge in [-0.2, -0.15) is 0 Å². The van der Waals surface area contributed by atoms with Crippen molar-refractivity contribution in [3.63, 3.8) is 0 Å². The number of rotatable bonds is 3. The molecule has 5 nitrogen and oxygen atoms in total. The summed E-state index contributed by atoms with van der Waals surface area (Å²) in [5.74, 6) is -0.319. The van der Waals surface area contributed by atoms with E-state index in [1.54, 1.807) is 0 Å². The molecule has 0 aliphatic carbocycles. The van der Waals surface area contributed by atoms with E-state index in [0.29, 0.717) is 0 Å². The number of halogens is 3. The molecule has 0 spiro atoms. The van der Waals surface area contributed by atoms with E-state index in [-0.39, 0.29) is 11.4 Å². The maximum absolute atomic E-state index is 12.0. The molecular formula is C9H9F3N2O3. The molecule has 0 aliphatic heterocycles. The fraction of sp³-hybridized carbons (Fsp3) is 0.222. The Kier molecular flexibility index (Phi) is 3.66. The highest BCUT2D eigenvalue weighted by Gasteiger charge is 2.31. The number of ether oxygens (including phenoxy) is 2. The molecule has 94 valence electrons. The second-order valence-electron chi connectivity index (χ2n) is 2.90. The molecule has 1 aromatic carbocycles. The van der Waals surface area contributed by atoms with Crippen LogP contribution in [0, 0.1) is 0 Å². The molecule has 0 saturated carbocycles. The normalized spacial score (nSPS) is 10.8. The van der Waals surface area contributed by atoms with E-state index in [1.807, 2.05) is 0 Å². The molecule has 8 heteroatoms. The Balaban J connectivity index is 3.00. The molecule has 0 heterocycles. The standard InChI is InChI=1S/C9H9F3N2O3/c1-16-7-3-2-5(17-9(10,11)12)4-6(7)14-8(13)15/h2-4H,1H3,(H3,13,14,15). The predicted octanol–water partition coefficient (Wildman–Crippen LogP) is 2.08. The van der Waals surface area contributed by atoms with Gasteiger partial charge in [0.1, 0.15) is 11.5 Å². The van der Waals surface area contributed by atoms with E-state index in [1.165, 1.54) is 13.2 Å². The monoisotopic (exact) mass is 250 g/mol. The smallest absolute Gasteiger partial charge is 0.495 e. The number of alkyl halides is 3. The van der Waals surface area contributed by atoms with Gasteiger partial charge in [0.2, 0.25) is 0 Å². The highest BCUT2D eigenvalue weighted by atomic mass is 19.4. The van der Waals surface area contributed by atoms with Gasteiger partial charge in [0.15, 0.2) is 0 Å². The Labute approximate surface area is 94.3 Å². The average Bonchev–Trinajstić information content (AvgIpc) is 2.14. The van der Waals surface area contributed by atoms with Crippen molar-refractivity contribution in [3.8, 4) is 11.5 Å². The summed E-state index contributed by atoms with van der Waals surface area (Å²) in [6.45, 7) is 0. The highest BCUT2D eigenvalue weighted by molar-refractivity contribution is 5.89. The van der Waals surface area contributed by atoms with Crippen LogP contribution in [0.15, 0.2) is 18.2 Å². The topological polar surface area (TPSA) is 73.6 Å². The molecule has 0 aliphatic rings. The van der Waals surface area contributed by atoms with E-state index in [4.69, 9.17) is 10.5 Å². The number of nitrogens with one attached hydrogen (secondary N) is 1. The Hall–Kier alpha value is -2.12. The van der Waals surface area contributed by atoms with E-state index in [0.717, 1.165) is 12.1 Å². The molecule has 0 radical (unpaired) electrons. The van der Waals surface area contributed by atoms with Crippen molar-refractivity contribution in [2.75, 3.05) is 12.4 Å². The van der Waals surface area contributed by atoms with Gasteiger partial charge in [-0.05, 0) is 12.1 Å². The van der Waals surface area contributed by atoms with Crippen LogP contribution in [0.3, 0.4) is 0 Å². The van der Waals surface area contributed by atoms with Gasteiger partial charge < -0.3 is 20.5 Å². The Morgan fingerprint density at radius 3 is 2.53 bits per heavy atom. The fourth-order valence-corrected chi connectivity index (χ4v) is 1.11. The van der Waals surface area contributed by atoms with Gasteiger partial charge in [0.25, 0.3) is 0 Å². The number of carbonyl (C=O) groups excluding carboxylic acids is 1. The zero-order valence-electron chi connectivity index (χ0n) is 8.67. The average molecular weight is 250 g/mol. The van der Waals surface area contributed by atoms with Gasteiger partial charge in [0, 0.05) is 6.07 Å². The summed E-state index contributed by atoms with van der Waals surface area (Å²) in [6, 6.07) is 2.30. The summed E-state index contributed by atoms with van der Waals surface area (Å²) in [7, 11) is 1.30. The predicted molar refractivity (Wildman–Crippen MR) is 52.9 cm³/mol. The Bertz CT molecular complexity index is 420. The second-order valence-corrected chi connectivity index (χ2v) is 2.90. The quantitative estimate of drug-likeness (QED) is 0.862. The van der Waals surface area contributed by atoms with Crippen molar-refractivity contribution in [1.82, 2.24) is 0 Å². The van der Waals surface area contributed by atoms with E-state index >= 15 is 0 Å². The highest BCUT2D eigenvalue weighted by Crippen LogP contribution is 2.31. The van der Waals surface area contributed by atoms with Gasteiger partial charge in [-0.3, -0.25) is 0 Å². The van der Waals surface area contributed by atoms with Crippen molar-refractivity contribution in [2.45, 2.75) is 6.36 Å². The first-order chi connectivity index (χ1) is 7.81. The van der Waals surface area contributed by atoms with Crippen molar-refractivity contribution < 1.29 is 27.4 Å². The maximum Gasteiger partial charge on any atom is 0.573 e. The van der Waals surface area contributed by atoms with Crippen LogP contribution in [0.2, 0.25) is 0 Å². The van der Waals surface area contributed by atoms with Crippen LogP contribution >= 0.6 is 0 Å². The summed E-state index contributed by atoms with van der Waals surface area (Å²) >= 11 is 0. The Morgan fingerprint density at radius 2 is 2.06 bits per heavy atom. The lowest BCUT2D eigenvalue weighted by Gasteiger charge is -2.12. The first-order valence-electron chi connectivity index (χ1n) is 4.32. The largest absolute Gasteiger partial charge is 0.573 e. The minimum Gasteiger partial charge on any atom is -0.495 e. The number of hydrogen-bond acceptors (Lipinski definition) is 3. The summed E-state index contributed by atoms with van der Waals surface area (Å²) in [5.41, 5.74) is 4.84. The van der Waals surface area contributed by atoms with Crippen molar-refractivity contribution in [1.29, 1.82) is 0 Å². The lowest BCUT2D eigenvalue weighted by Crippen LogP contribution is -2.20. The molecule has 3 N–H and O–H groups in total. The number of carbonyl (C=O) groups is 1. The zero-order valence-corrected chi connectivity index (χ0v) is 8.67. The van der Waals surface area contributed by atoms with Crippen LogP contribution in [0.4, 0.5) is 23.7 Å². The van der Waals surface area contributed by atoms with Crippen molar-refractivity contribution in [3.05, 3.63) is 18.2 Å². The molecule has 17 heavy (non-hydrogen) atoms. The lowest BCUT2D eigenvalue weighted by atomic mass is 10.2. The van der Waals surface area contributed by atoms with Gasteiger partial charge >= 0.3 is 12.4 Å². The molecule has 0 bridgehead atoms. The van der Waals surface area contributed by atoms with Crippen molar-refractivity contribution in [2.24, 2.45) is 5.73 Å². The number of amides is 2. The molecule has 2 amide bonds. The third-order valence-corrected chi connectivity index (χ3v) is 1.66. The van der Waals surface area contributed by atoms with Gasteiger partial charge in [-0.15, -0.1) is 13.2 Å². The summed E-state index contributed by atoms with van der Waals surface area (Å²) in [4.78, 5) is 10.6. The first kappa shape index (κ1) is 12.9. The van der Waals surface area contributed by atoms with Crippen molar-refractivity contribution >= 4 is 11.7 Å². The lowest BCUT2D eigenvalue weighted by molar-refractivity contribution is -0.274. The van der Waals surface area contributed by atoms with Crippen LogP contribution in [-0.2, 0) is 0 Å². The van der Waals surface area contributed by atoms with E-state index < -0.39 is 18.1 Å². The number of benzene rings is 1. The number of primary amides is 1. The fourth-order valence-electron chi connectivity index (χ4n) is 1.11. The molecule has 0 fully saturated rings. The van der Waals surface area contributed by atoms with E-state index in [9.17, 15) is 18.0 Å². The molecule has 0 saturated heterocycles. The van der Waals surface area contributed by atoms with E-state index in [2.05, 4.69) is 10.1 Å². The number of urea groups is 1. The minimum atomic E-state index is -4.81. The maximum atomic E-state index is 12.0. The number of anilines is 1. The van der Waals surface area contributed by atoms with Gasteiger partial charge in [-0.25, -0.2) is 4.79 Å². The Morgan fingerprint density at radius 1 is 1.41 bits per heavy atom. The number of hydrogen-bond donors (Lipinski definition) is 2. The molecule has 0 aromatic heterocycles. The van der Waals surface area contributed by atoms with Crippen LogP contribution < -0.4 is 20.5 Å². The third kappa shape index (κ3) is 4.09. The molecule has 1 rings (SSSR count). The third-order valence-electron chi connectivity index (χ3n) is 1.66. The van der Waals surface area contributed by atoms with Crippen LogP contribution in [-0.4, -0.2) is 19.5 Å². The number of nitrogens with two attached hydrogens (primary N) is 1. The van der Waals surface area contributed by atoms with Gasteiger partial charge in [0.05, 0.1) is 12.8 Å². The first-order valence-corrected chi connectivity index (χ1v) is 4.32. The molecule has 1 aromatic rings. The van der Waals surface area contributed by atoms with Crippen LogP contribution in [0.5, 0.6) is 11.5 Å². The van der Waals surface area contributed by atoms with Crippen LogP contribution in [0.25, 0.3) is 0 Å². The zero-order chi connectivity index (χ0) is 13.1. The minimum absolute atomic E-state index is 0.0123. The molecule has 0 unspecified atom stereocenters. The molecule has 0 atom stereocenters. The summed E-state index contributed by atoms with van der Waals surface area (Å²) < 4.78 is 44.4. The second kappa shape index (κ2) is 4.81. The summed E-state index contributed by atoms with van der Waals surface area (Å²) in [5, 5.41) is 2.12. The van der Waals surface area contributed by atoms with Crippen LogP contribution in [0.1, 0.15) is 0 Å².